The van der Waals surface area contributed by atoms with Crippen LogP contribution in [0.4, 0.5) is 5.82 Å². The Balaban J connectivity index is 1.40. The van der Waals surface area contributed by atoms with E-state index in [1.54, 1.807) is 0 Å². The third kappa shape index (κ3) is 5.88. The lowest BCUT2D eigenvalue weighted by Gasteiger charge is -2.36. The van der Waals surface area contributed by atoms with E-state index in [4.69, 9.17) is 10.7 Å². The van der Waals surface area contributed by atoms with Gasteiger partial charge in [0.05, 0.1) is 11.0 Å². The molecular formula is C33H45N5. The number of imidazole rings is 1. The number of hydrogen-bond acceptors (Lipinski definition) is 4. The Hall–Kier alpha value is -2.92. The highest BCUT2D eigenvalue weighted by molar-refractivity contribution is 6.06. The maximum atomic E-state index is 6.40. The summed E-state index contributed by atoms with van der Waals surface area (Å²) in [6.45, 7) is 12.2. The fraction of sp³-hybridized carbons (Fsp3) is 0.515. The monoisotopic (exact) mass is 511 g/mol. The highest BCUT2D eigenvalue weighted by atomic mass is 15.2. The van der Waals surface area contributed by atoms with Gasteiger partial charge in [-0.15, -0.1) is 0 Å². The number of aryl methyl sites for hydroxylation is 1. The normalized spacial score (nSPS) is 14.9. The number of benzene rings is 2. The molecule has 1 aliphatic carbocycles. The number of hydrogen-bond donors (Lipinski definition) is 1. The Morgan fingerprint density at radius 3 is 2.39 bits per heavy atom. The van der Waals surface area contributed by atoms with Crippen LogP contribution in [-0.4, -0.2) is 31.5 Å². The zero-order chi connectivity index (χ0) is 26.7. The van der Waals surface area contributed by atoms with Crippen molar-refractivity contribution in [2.75, 3.05) is 12.3 Å². The van der Waals surface area contributed by atoms with Gasteiger partial charge in [-0.25, -0.2) is 9.97 Å². The van der Waals surface area contributed by atoms with Crippen LogP contribution in [0.5, 0.6) is 0 Å². The number of nitrogen functional groups attached to an aromatic ring is 1. The van der Waals surface area contributed by atoms with Gasteiger partial charge in [-0.1, -0.05) is 81.5 Å². The predicted octanol–water partition coefficient (Wildman–Crippen LogP) is 7.74. The molecule has 0 aliphatic heterocycles. The Labute approximate surface area is 228 Å². The molecule has 4 aromatic rings. The van der Waals surface area contributed by atoms with Gasteiger partial charge in [-0.2, -0.15) is 0 Å². The number of aromatic nitrogens is 3. The van der Waals surface area contributed by atoms with Crippen molar-refractivity contribution in [2.45, 2.75) is 97.7 Å². The Morgan fingerprint density at radius 1 is 0.974 bits per heavy atom. The first-order valence-corrected chi connectivity index (χ1v) is 14.7. The molecule has 1 fully saturated rings. The summed E-state index contributed by atoms with van der Waals surface area (Å²) in [7, 11) is 0. The summed E-state index contributed by atoms with van der Waals surface area (Å²) in [5, 5.41) is 1.12. The van der Waals surface area contributed by atoms with Crippen molar-refractivity contribution < 1.29 is 0 Å². The van der Waals surface area contributed by atoms with E-state index >= 15 is 0 Å². The van der Waals surface area contributed by atoms with Crippen molar-refractivity contribution in [1.29, 1.82) is 0 Å². The summed E-state index contributed by atoms with van der Waals surface area (Å²) in [5.41, 5.74) is 12.1. The third-order valence-electron chi connectivity index (χ3n) is 8.41. The van der Waals surface area contributed by atoms with E-state index in [0.717, 1.165) is 66.0 Å². The largest absolute Gasteiger partial charge is 0.382 e. The number of nitrogens with zero attached hydrogens (tertiary/aromatic N) is 4. The standard InChI is InChI=1S/C33H45N5/c1-5-6-15-29-36-30-31(27-13-9-10-14-28(27)35-32(30)34)38(29)23-26-18-16-25(17-19-26)22-37(33(2,3)4)21-20-24-11-7-8-12-24/h9-10,13-14,16-19,24H,5-8,11-12,15,20-23H2,1-4H3,(H2,34,35). The fourth-order valence-corrected chi connectivity index (χ4v) is 6.04. The minimum absolute atomic E-state index is 0.163. The molecule has 5 heteroatoms. The highest BCUT2D eigenvalue weighted by Crippen LogP contribution is 2.31. The molecule has 38 heavy (non-hydrogen) atoms. The van der Waals surface area contributed by atoms with Gasteiger partial charge in [0.15, 0.2) is 5.82 Å². The second kappa shape index (κ2) is 11.4. The Morgan fingerprint density at radius 2 is 1.68 bits per heavy atom. The summed E-state index contributed by atoms with van der Waals surface area (Å²) in [5.74, 6) is 2.54. The first-order valence-electron chi connectivity index (χ1n) is 14.7. The van der Waals surface area contributed by atoms with E-state index in [1.165, 1.54) is 49.8 Å². The first kappa shape index (κ1) is 26.7. The van der Waals surface area contributed by atoms with Crippen LogP contribution in [0.3, 0.4) is 0 Å². The van der Waals surface area contributed by atoms with Crippen molar-refractivity contribution in [2.24, 2.45) is 5.92 Å². The number of rotatable bonds is 10. The van der Waals surface area contributed by atoms with Crippen LogP contribution in [0.25, 0.3) is 21.9 Å². The van der Waals surface area contributed by atoms with Crippen LogP contribution in [0, 0.1) is 5.92 Å². The molecule has 2 heterocycles. The number of para-hydroxylation sites is 1. The van der Waals surface area contributed by atoms with E-state index in [1.807, 2.05) is 12.1 Å². The lowest BCUT2D eigenvalue weighted by atomic mass is 9.99. The summed E-state index contributed by atoms with van der Waals surface area (Å²) in [6.07, 6.45) is 10.2. The summed E-state index contributed by atoms with van der Waals surface area (Å²) >= 11 is 0. The maximum Gasteiger partial charge on any atom is 0.152 e. The van der Waals surface area contributed by atoms with Gasteiger partial charge in [0.25, 0.3) is 0 Å². The predicted molar refractivity (Wildman–Crippen MR) is 160 cm³/mol. The summed E-state index contributed by atoms with van der Waals surface area (Å²) in [6, 6.07) is 17.5. The van der Waals surface area contributed by atoms with E-state index in [9.17, 15) is 0 Å². The first-order chi connectivity index (χ1) is 18.3. The van der Waals surface area contributed by atoms with E-state index in [0.29, 0.717) is 5.82 Å². The molecule has 1 saturated carbocycles. The summed E-state index contributed by atoms with van der Waals surface area (Å²) < 4.78 is 2.38. The average molecular weight is 512 g/mol. The number of unbranched alkanes of at least 4 members (excludes halogenated alkanes) is 1. The van der Waals surface area contributed by atoms with Crippen LogP contribution in [0.2, 0.25) is 0 Å². The highest BCUT2D eigenvalue weighted by Gasteiger charge is 2.24. The molecule has 1 aliphatic rings. The SMILES string of the molecule is CCCCc1nc2c(N)nc3ccccc3c2n1Cc1ccc(CN(CCC2CCCC2)C(C)(C)C)cc1. The maximum absolute atomic E-state index is 6.40. The van der Waals surface area contributed by atoms with Gasteiger partial charge < -0.3 is 10.3 Å². The van der Waals surface area contributed by atoms with Crippen molar-refractivity contribution in [3.8, 4) is 0 Å². The number of nitrogens with two attached hydrogens (primary N) is 1. The Bertz CT molecular complexity index is 1360. The third-order valence-corrected chi connectivity index (χ3v) is 8.41. The second-order valence-corrected chi connectivity index (χ2v) is 12.3. The lowest BCUT2D eigenvalue weighted by molar-refractivity contribution is 0.118. The molecule has 0 spiro atoms. The Kier molecular flexibility index (Phi) is 8.04. The molecule has 5 rings (SSSR count). The van der Waals surface area contributed by atoms with E-state index in [-0.39, 0.29) is 5.54 Å². The molecule has 202 valence electrons. The molecule has 5 nitrogen and oxygen atoms in total. The molecule has 0 atom stereocenters. The van der Waals surface area contributed by atoms with Gasteiger partial charge in [-0.3, -0.25) is 4.90 Å². The second-order valence-electron chi connectivity index (χ2n) is 12.3. The number of pyridine rings is 1. The molecule has 2 aromatic heterocycles. The molecule has 0 bridgehead atoms. The fourth-order valence-electron chi connectivity index (χ4n) is 6.04. The summed E-state index contributed by atoms with van der Waals surface area (Å²) in [4.78, 5) is 12.3. The minimum Gasteiger partial charge on any atom is -0.382 e. The van der Waals surface area contributed by atoms with Crippen LogP contribution in [0.15, 0.2) is 48.5 Å². The zero-order valence-corrected chi connectivity index (χ0v) is 23.8. The van der Waals surface area contributed by atoms with Gasteiger partial charge in [0.1, 0.15) is 11.3 Å². The van der Waals surface area contributed by atoms with Gasteiger partial charge in [0, 0.05) is 30.4 Å². The topological polar surface area (TPSA) is 60.0 Å². The molecule has 2 N–H and O–H groups in total. The quantitative estimate of drug-likeness (QED) is 0.237. The zero-order valence-electron chi connectivity index (χ0n) is 23.8. The van der Waals surface area contributed by atoms with Gasteiger partial charge >= 0.3 is 0 Å². The molecule has 0 unspecified atom stereocenters. The van der Waals surface area contributed by atoms with Crippen LogP contribution in [-0.2, 0) is 19.5 Å². The molecule has 0 amide bonds. The lowest BCUT2D eigenvalue weighted by Crippen LogP contribution is -2.41. The van der Waals surface area contributed by atoms with Crippen molar-refractivity contribution >= 4 is 27.8 Å². The van der Waals surface area contributed by atoms with E-state index in [2.05, 4.69) is 78.5 Å². The average Bonchev–Trinajstić information content (AvgIpc) is 3.54. The smallest absolute Gasteiger partial charge is 0.152 e. The van der Waals surface area contributed by atoms with Gasteiger partial charge in [-0.05, 0) is 63.3 Å². The molecule has 0 radical (unpaired) electrons. The number of fused-ring (bicyclic) bond motifs is 3. The van der Waals surface area contributed by atoms with Crippen molar-refractivity contribution in [3.63, 3.8) is 0 Å². The minimum atomic E-state index is 0.163. The molecular weight excluding hydrogens is 466 g/mol. The van der Waals surface area contributed by atoms with Crippen LogP contribution >= 0.6 is 0 Å². The molecule has 2 aromatic carbocycles. The van der Waals surface area contributed by atoms with Crippen molar-refractivity contribution in [1.82, 2.24) is 19.4 Å². The van der Waals surface area contributed by atoms with E-state index < -0.39 is 0 Å². The van der Waals surface area contributed by atoms with Gasteiger partial charge in [0.2, 0.25) is 0 Å². The van der Waals surface area contributed by atoms with Crippen molar-refractivity contribution in [3.05, 3.63) is 65.5 Å². The molecule has 0 saturated heterocycles. The van der Waals surface area contributed by atoms with Crippen LogP contribution in [0.1, 0.15) is 89.6 Å². The van der Waals surface area contributed by atoms with Crippen LogP contribution < -0.4 is 5.73 Å². The number of anilines is 1.